The molecule has 0 aliphatic rings. The van der Waals surface area contributed by atoms with Crippen LogP contribution in [0, 0.1) is 0 Å². The van der Waals surface area contributed by atoms with Crippen molar-refractivity contribution in [3.8, 4) is 0 Å². The Kier molecular flexibility index (Phi) is 3.99. The minimum Gasteiger partial charge on any atom is -0.368 e. The average Bonchev–Trinajstić information content (AvgIpc) is 2.81. The van der Waals surface area contributed by atoms with Gasteiger partial charge in [0, 0.05) is 29.7 Å². The van der Waals surface area contributed by atoms with Gasteiger partial charge in [0.1, 0.15) is 0 Å². The van der Waals surface area contributed by atoms with Gasteiger partial charge in [-0.25, -0.2) is 4.98 Å². The molecule has 90 valence electrons. The standard InChI is InChI=1S/C12H14ClN3S/c1-16(6-11-7-17-8-15-11)12-3-2-10(13)4-9(12)5-14/h2-4,7-8H,5-6,14H2,1H3. The molecule has 17 heavy (non-hydrogen) atoms. The SMILES string of the molecule is CN(Cc1cscn1)c1ccc(Cl)cc1CN. The third-order valence-corrected chi connectivity index (χ3v) is 3.43. The number of hydrogen-bond acceptors (Lipinski definition) is 4. The Labute approximate surface area is 110 Å². The highest BCUT2D eigenvalue weighted by atomic mass is 35.5. The van der Waals surface area contributed by atoms with Gasteiger partial charge in [-0.1, -0.05) is 11.6 Å². The number of nitrogens with zero attached hydrogens (tertiary/aromatic N) is 2. The molecular weight excluding hydrogens is 254 g/mol. The van der Waals surface area contributed by atoms with Crippen molar-refractivity contribution < 1.29 is 0 Å². The summed E-state index contributed by atoms with van der Waals surface area (Å²) in [5.74, 6) is 0. The van der Waals surface area contributed by atoms with Gasteiger partial charge in [-0.05, 0) is 23.8 Å². The second-order valence-corrected chi connectivity index (χ2v) is 4.97. The molecule has 0 fully saturated rings. The Morgan fingerprint density at radius 2 is 2.29 bits per heavy atom. The fourth-order valence-corrected chi connectivity index (χ4v) is 2.48. The van der Waals surface area contributed by atoms with Gasteiger partial charge in [-0.2, -0.15) is 0 Å². The van der Waals surface area contributed by atoms with E-state index in [9.17, 15) is 0 Å². The second-order valence-electron chi connectivity index (χ2n) is 3.81. The van der Waals surface area contributed by atoms with Crippen LogP contribution < -0.4 is 10.6 Å². The van der Waals surface area contributed by atoms with Crippen molar-refractivity contribution in [3.63, 3.8) is 0 Å². The molecule has 1 heterocycles. The van der Waals surface area contributed by atoms with E-state index in [2.05, 4.69) is 15.3 Å². The molecule has 2 aromatic rings. The van der Waals surface area contributed by atoms with E-state index in [1.54, 1.807) is 11.3 Å². The van der Waals surface area contributed by atoms with E-state index < -0.39 is 0 Å². The predicted octanol–water partition coefficient (Wildman–Crippen LogP) is 2.89. The summed E-state index contributed by atoms with van der Waals surface area (Å²) in [5, 5.41) is 2.77. The van der Waals surface area contributed by atoms with Gasteiger partial charge in [0.15, 0.2) is 0 Å². The van der Waals surface area contributed by atoms with Gasteiger partial charge >= 0.3 is 0 Å². The molecule has 1 aromatic carbocycles. The van der Waals surface area contributed by atoms with Crippen molar-refractivity contribution in [2.75, 3.05) is 11.9 Å². The van der Waals surface area contributed by atoms with E-state index in [0.717, 1.165) is 28.5 Å². The van der Waals surface area contributed by atoms with Crippen LogP contribution in [0.2, 0.25) is 5.02 Å². The van der Waals surface area contributed by atoms with Crippen LogP contribution in [0.15, 0.2) is 29.1 Å². The molecule has 0 saturated carbocycles. The summed E-state index contributed by atoms with van der Waals surface area (Å²) < 4.78 is 0. The van der Waals surface area contributed by atoms with Crippen molar-refractivity contribution in [3.05, 3.63) is 45.4 Å². The van der Waals surface area contributed by atoms with Crippen LogP contribution in [0.25, 0.3) is 0 Å². The lowest BCUT2D eigenvalue weighted by Crippen LogP contribution is -2.19. The zero-order chi connectivity index (χ0) is 12.3. The van der Waals surface area contributed by atoms with Crippen LogP contribution >= 0.6 is 22.9 Å². The highest BCUT2D eigenvalue weighted by Gasteiger charge is 2.08. The number of rotatable bonds is 4. The number of nitrogens with two attached hydrogens (primary N) is 1. The van der Waals surface area contributed by atoms with Gasteiger partial charge in [0.25, 0.3) is 0 Å². The monoisotopic (exact) mass is 267 g/mol. The topological polar surface area (TPSA) is 42.2 Å². The molecule has 0 saturated heterocycles. The lowest BCUT2D eigenvalue weighted by molar-refractivity contribution is 0.880. The first kappa shape index (κ1) is 12.4. The molecule has 0 unspecified atom stereocenters. The molecule has 1 aromatic heterocycles. The van der Waals surface area contributed by atoms with E-state index >= 15 is 0 Å². The highest BCUT2D eigenvalue weighted by molar-refractivity contribution is 7.07. The Hall–Kier alpha value is -1.10. The summed E-state index contributed by atoms with van der Waals surface area (Å²) in [5.41, 5.74) is 10.8. The largest absolute Gasteiger partial charge is 0.368 e. The molecule has 5 heteroatoms. The summed E-state index contributed by atoms with van der Waals surface area (Å²) >= 11 is 7.56. The van der Waals surface area contributed by atoms with Crippen LogP contribution in [0.4, 0.5) is 5.69 Å². The number of thiazole rings is 1. The molecular formula is C12H14ClN3S. The van der Waals surface area contributed by atoms with Crippen LogP contribution in [-0.4, -0.2) is 12.0 Å². The summed E-state index contributed by atoms with van der Waals surface area (Å²) in [7, 11) is 2.03. The molecule has 2 N–H and O–H groups in total. The number of anilines is 1. The van der Waals surface area contributed by atoms with Crippen LogP contribution in [0.3, 0.4) is 0 Å². The average molecular weight is 268 g/mol. The lowest BCUT2D eigenvalue weighted by atomic mass is 10.1. The molecule has 2 rings (SSSR count). The van der Waals surface area contributed by atoms with Crippen molar-refractivity contribution in [1.82, 2.24) is 4.98 Å². The van der Waals surface area contributed by atoms with Crippen LogP contribution in [0.1, 0.15) is 11.3 Å². The summed E-state index contributed by atoms with van der Waals surface area (Å²) in [4.78, 5) is 6.41. The Morgan fingerprint density at radius 3 is 2.94 bits per heavy atom. The van der Waals surface area contributed by atoms with E-state index in [-0.39, 0.29) is 0 Å². The summed E-state index contributed by atoms with van der Waals surface area (Å²) in [6.07, 6.45) is 0. The van der Waals surface area contributed by atoms with E-state index in [1.165, 1.54) is 0 Å². The number of hydrogen-bond donors (Lipinski definition) is 1. The maximum Gasteiger partial charge on any atom is 0.0795 e. The molecule has 0 amide bonds. The predicted molar refractivity (Wildman–Crippen MR) is 73.6 cm³/mol. The van der Waals surface area contributed by atoms with Gasteiger partial charge < -0.3 is 10.6 Å². The minimum atomic E-state index is 0.483. The van der Waals surface area contributed by atoms with Gasteiger partial charge in [-0.3, -0.25) is 0 Å². The molecule has 0 radical (unpaired) electrons. The maximum absolute atomic E-state index is 5.96. The van der Waals surface area contributed by atoms with Gasteiger partial charge in [0.2, 0.25) is 0 Å². The number of benzene rings is 1. The third kappa shape index (κ3) is 2.97. The Bertz CT molecular complexity index is 485. The van der Waals surface area contributed by atoms with E-state index in [0.29, 0.717) is 6.54 Å². The third-order valence-electron chi connectivity index (χ3n) is 2.56. The fraction of sp³-hybridized carbons (Fsp3) is 0.250. The van der Waals surface area contributed by atoms with Crippen LogP contribution in [0.5, 0.6) is 0 Å². The fourth-order valence-electron chi connectivity index (χ4n) is 1.73. The maximum atomic E-state index is 5.96. The van der Waals surface area contributed by atoms with Crippen molar-refractivity contribution >= 4 is 28.6 Å². The van der Waals surface area contributed by atoms with Crippen LogP contribution in [-0.2, 0) is 13.1 Å². The zero-order valence-electron chi connectivity index (χ0n) is 9.56. The second kappa shape index (κ2) is 5.49. The van der Waals surface area contributed by atoms with E-state index in [4.69, 9.17) is 17.3 Å². The molecule has 0 bridgehead atoms. The van der Waals surface area contributed by atoms with Gasteiger partial charge in [-0.15, -0.1) is 11.3 Å². The summed E-state index contributed by atoms with van der Waals surface area (Å²) in [6.45, 7) is 1.26. The Balaban J connectivity index is 2.21. The molecule has 3 nitrogen and oxygen atoms in total. The number of aromatic nitrogens is 1. The minimum absolute atomic E-state index is 0.483. The van der Waals surface area contributed by atoms with Crippen molar-refractivity contribution in [1.29, 1.82) is 0 Å². The first-order valence-electron chi connectivity index (χ1n) is 5.27. The van der Waals surface area contributed by atoms with E-state index in [1.807, 2.05) is 30.8 Å². The first-order valence-corrected chi connectivity index (χ1v) is 6.59. The molecule has 0 aliphatic carbocycles. The first-order chi connectivity index (χ1) is 8.20. The summed E-state index contributed by atoms with van der Waals surface area (Å²) in [6, 6.07) is 5.79. The van der Waals surface area contributed by atoms with Crippen molar-refractivity contribution in [2.45, 2.75) is 13.1 Å². The highest BCUT2D eigenvalue weighted by Crippen LogP contribution is 2.24. The molecule has 0 atom stereocenters. The quantitative estimate of drug-likeness (QED) is 0.926. The number of halogens is 1. The van der Waals surface area contributed by atoms with Gasteiger partial charge in [0.05, 0.1) is 17.7 Å². The molecule has 0 spiro atoms. The smallest absolute Gasteiger partial charge is 0.0795 e. The molecule has 0 aliphatic heterocycles. The van der Waals surface area contributed by atoms with Crippen molar-refractivity contribution in [2.24, 2.45) is 5.73 Å². The lowest BCUT2D eigenvalue weighted by Gasteiger charge is -2.21. The zero-order valence-corrected chi connectivity index (χ0v) is 11.1. The normalized spacial score (nSPS) is 10.5. The Morgan fingerprint density at radius 1 is 1.47 bits per heavy atom.